The molecule has 174 valence electrons. The number of hydrogen-bond acceptors (Lipinski definition) is 3. The van der Waals surface area contributed by atoms with Crippen molar-refractivity contribution >= 4 is 44.4 Å². The Hall–Kier alpha value is -4.16. The van der Waals surface area contributed by atoms with Gasteiger partial charge in [-0.1, -0.05) is 48.5 Å². The molecular formula is C29H26N4O2. The molecule has 0 unspecified atom stereocenters. The van der Waals surface area contributed by atoms with Crippen LogP contribution < -0.4 is 5.73 Å². The highest BCUT2D eigenvalue weighted by Gasteiger charge is 2.22. The number of hydrogen-bond donors (Lipinski definition) is 2. The first-order chi connectivity index (χ1) is 17.0. The fourth-order valence-corrected chi connectivity index (χ4v) is 5.14. The number of piperazine rings is 1. The second-order valence-electron chi connectivity index (χ2n) is 9.32. The average molecular weight is 463 g/mol. The normalized spacial score (nSPS) is 14.7. The van der Waals surface area contributed by atoms with Crippen molar-refractivity contribution in [1.82, 2.24) is 14.8 Å². The molecule has 5 aromatic rings. The van der Waals surface area contributed by atoms with Crippen LogP contribution in [-0.2, 0) is 0 Å². The lowest BCUT2D eigenvalue weighted by atomic mass is 9.95. The number of nitrogens with one attached hydrogen (secondary N) is 1. The van der Waals surface area contributed by atoms with Crippen LogP contribution >= 0.6 is 0 Å². The van der Waals surface area contributed by atoms with E-state index in [1.165, 1.54) is 5.39 Å². The van der Waals surface area contributed by atoms with Gasteiger partial charge in [0.2, 0.25) is 0 Å². The number of amides is 2. The Kier molecular flexibility index (Phi) is 5.04. The van der Waals surface area contributed by atoms with Gasteiger partial charge in [-0.3, -0.25) is 9.59 Å². The zero-order chi connectivity index (χ0) is 24.1. The van der Waals surface area contributed by atoms with Gasteiger partial charge < -0.3 is 20.5 Å². The first kappa shape index (κ1) is 21.4. The average Bonchev–Trinajstić information content (AvgIpc) is 3.26. The smallest absolute Gasteiger partial charge is 0.254 e. The van der Waals surface area contributed by atoms with Gasteiger partial charge in [-0.05, 0) is 53.2 Å². The molecule has 1 aliphatic rings. The summed E-state index contributed by atoms with van der Waals surface area (Å²) in [5, 5.41) is 4.22. The van der Waals surface area contributed by atoms with Crippen LogP contribution in [0, 0.1) is 0 Å². The minimum atomic E-state index is -0.486. The molecule has 1 aromatic heterocycles. The van der Waals surface area contributed by atoms with Crippen molar-refractivity contribution in [2.75, 3.05) is 33.2 Å². The number of H-pyrrole nitrogens is 1. The predicted octanol–water partition coefficient (Wildman–Crippen LogP) is 4.63. The van der Waals surface area contributed by atoms with Crippen molar-refractivity contribution in [3.63, 3.8) is 0 Å². The molecule has 6 nitrogen and oxygen atoms in total. The maximum Gasteiger partial charge on any atom is 0.254 e. The number of carbonyl (C=O) groups is 2. The summed E-state index contributed by atoms with van der Waals surface area (Å²) in [6.45, 7) is 3.19. The molecule has 0 saturated carbocycles. The highest BCUT2D eigenvalue weighted by Crippen LogP contribution is 2.37. The number of rotatable bonds is 3. The molecule has 0 spiro atoms. The van der Waals surface area contributed by atoms with Crippen molar-refractivity contribution in [3.05, 3.63) is 83.9 Å². The Morgan fingerprint density at radius 2 is 1.63 bits per heavy atom. The van der Waals surface area contributed by atoms with Crippen LogP contribution in [0.15, 0.2) is 72.8 Å². The van der Waals surface area contributed by atoms with E-state index in [-0.39, 0.29) is 5.91 Å². The molecule has 0 aliphatic carbocycles. The third kappa shape index (κ3) is 3.63. The van der Waals surface area contributed by atoms with Gasteiger partial charge in [-0.15, -0.1) is 0 Å². The summed E-state index contributed by atoms with van der Waals surface area (Å²) in [7, 11) is 2.07. The summed E-state index contributed by atoms with van der Waals surface area (Å²) in [6.07, 6.45) is 0. The van der Waals surface area contributed by atoms with E-state index >= 15 is 0 Å². The maximum atomic E-state index is 13.2. The van der Waals surface area contributed by atoms with E-state index in [1.807, 2.05) is 41.3 Å². The van der Waals surface area contributed by atoms with Crippen molar-refractivity contribution in [1.29, 1.82) is 0 Å². The molecule has 1 saturated heterocycles. The molecule has 35 heavy (non-hydrogen) atoms. The lowest BCUT2D eigenvalue weighted by Crippen LogP contribution is -2.47. The molecule has 0 atom stereocenters. The third-order valence-corrected chi connectivity index (χ3v) is 7.12. The maximum absolute atomic E-state index is 13.2. The monoisotopic (exact) mass is 462 g/mol. The van der Waals surface area contributed by atoms with Gasteiger partial charge in [0.05, 0.1) is 11.1 Å². The van der Waals surface area contributed by atoms with E-state index in [2.05, 4.69) is 47.3 Å². The Balaban J connectivity index is 1.51. The number of primary amides is 1. The van der Waals surface area contributed by atoms with Crippen molar-refractivity contribution < 1.29 is 9.59 Å². The van der Waals surface area contributed by atoms with E-state index in [9.17, 15) is 9.59 Å². The largest absolute Gasteiger partial charge is 0.366 e. The summed E-state index contributed by atoms with van der Waals surface area (Å²) in [6, 6.07) is 24.1. The van der Waals surface area contributed by atoms with Gasteiger partial charge >= 0.3 is 0 Å². The third-order valence-electron chi connectivity index (χ3n) is 7.12. The first-order valence-electron chi connectivity index (χ1n) is 11.8. The Morgan fingerprint density at radius 1 is 0.857 bits per heavy atom. The molecule has 0 radical (unpaired) electrons. The number of nitrogens with two attached hydrogens (primary N) is 1. The molecule has 0 bridgehead atoms. The molecule has 6 rings (SSSR count). The van der Waals surface area contributed by atoms with Gasteiger partial charge in [0.25, 0.3) is 11.8 Å². The molecule has 2 amide bonds. The van der Waals surface area contributed by atoms with Crippen LogP contribution in [0.5, 0.6) is 0 Å². The molecule has 1 aliphatic heterocycles. The summed E-state index contributed by atoms with van der Waals surface area (Å²) in [5.74, 6) is -0.455. The lowest BCUT2D eigenvalue weighted by molar-refractivity contribution is 0.0664. The van der Waals surface area contributed by atoms with Gasteiger partial charge in [0.15, 0.2) is 0 Å². The van der Waals surface area contributed by atoms with E-state index in [4.69, 9.17) is 5.73 Å². The number of carbonyl (C=O) groups excluding carboxylic acids is 2. The van der Waals surface area contributed by atoms with E-state index in [0.717, 1.165) is 59.0 Å². The van der Waals surface area contributed by atoms with Gasteiger partial charge in [-0.2, -0.15) is 0 Å². The summed E-state index contributed by atoms with van der Waals surface area (Å²) < 4.78 is 0. The van der Waals surface area contributed by atoms with Crippen molar-refractivity contribution in [2.45, 2.75) is 0 Å². The zero-order valence-corrected chi connectivity index (χ0v) is 19.5. The Bertz CT molecular complexity index is 1630. The van der Waals surface area contributed by atoms with Gasteiger partial charge in [0, 0.05) is 48.0 Å². The van der Waals surface area contributed by atoms with Gasteiger partial charge in [0.1, 0.15) is 0 Å². The Morgan fingerprint density at radius 3 is 2.40 bits per heavy atom. The van der Waals surface area contributed by atoms with E-state index in [1.54, 1.807) is 6.07 Å². The van der Waals surface area contributed by atoms with Crippen LogP contribution in [0.3, 0.4) is 0 Å². The van der Waals surface area contributed by atoms with E-state index < -0.39 is 5.91 Å². The molecule has 1 fully saturated rings. The summed E-state index contributed by atoms with van der Waals surface area (Å²) in [5.41, 5.74) is 10.4. The second-order valence-corrected chi connectivity index (χ2v) is 9.32. The summed E-state index contributed by atoms with van der Waals surface area (Å²) in [4.78, 5) is 33.0. The number of nitrogens with zero attached hydrogens (tertiary/aromatic N) is 2. The SMILES string of the molecule is CN1CCN(C(=O)c2ccc3c(c2)[nH]c2c(C(N)=O)ccc(-c4ccc5ccccc5c4)c23)CC1. The number of likely N-dealkylation sites (N-methyl/N-ethyl adjacent to an activating group) is 1. The fourth-order valence-electron chi connectivity index (χ4n) is 5.14. The zero-order valence-electron chi connectivity index (χ0n) is 19.5. The first-order valence-corrected chi connectivity index (χ1v) is 11.8. The lowest BCUT2D eigenvalue weighted by Gasteiger charge is -2.32. The molecule has 4 aromatic carbocycles. The molecule has 6 heteroatoms. The number of aromatic amines is 1. The highest BCUT2D eigenvalue weighted by molar-refractivity contribution is 6.20. The number of benzene rings is 4. The van der Waals surface area contributed by atoms with Gasteiger partial charge in [-0.25, -0.2) is 0 Å². The van der Waals surface area contributed by atoms with Crippen LogP contribution in [0.2, 0.25) is 0 Å². The quantitative estimate of drug-likeness (QED) is 0.410. The topological polar surface area (TPSA) is 82.4 Å². The predicted molar refractivity (Wildman–Crippen MR) is 141 cm³/mol. The second kappa shape index (κ2) is 8.25. The van der Waals surface area contributed by atoms with Crippen molar-refractivity contribution in [2.24, 2.45) is 5.73 Å². The minimum absolute atomic E-state index is 0.0310. The standard InChI is InChI=1S/C29H26N4O2/c1-32-12-14-33(15-13-32)29(35)21-8-9-23-25(17-21)31-27-24(28(30)34)11-10-22(26(23)27)20-7-6-18-4-2-3-5-19(18)16-20/h2-11,16-17,31H,12-15H2,1H3,(H2,30,34). The minimum Gasteiger partial charge on any atom is -0.366 e. The Labute approximate surface area is 202 Å². The van der Waals surface area contributed by atoms with E-state index in [0.29, 0.717) is 16.6 Å². The van der Waals surface area contributed by atoms with Crippen LogP contribution in [0.25, 0.3) is 43.7 Å². The highest BCUT2D eigenvalue weighted by atomic mass is 16.2. The molecule has 2 heterocycles. The molecule has 3 N–H and O–H groups in total. The molecular weight excluding hydrogens is 436 g/mol. The fraction of sp³-hybridized carbons (Fsp3) is 0.172. The van der Waals surface area contributed by atoms with Crippen LogP contribution in [0.1, 0.15) is 20.7 Å². The van der Waals surface area contributed by atoms with Crippen molar-refractivity contribution in [3.8, 4) is 11.1 Å². The number of aromatic nitrogens is 1. The van der Waals surface area contributed by atoms with Crippen LogP contribution in [-0.4, -0.2) is 59.8 Å². The number of fused-ring (bicyclic) bond motifs is 4. The van der Waals surface area contributed by atoms with Crippen LogP contribution in [0.4, 0.5) is 0 Å². The summed E-state index contributed by atoms with van der Waals surface area (Å²) >= 11 is 0.